The van der Waals surface area contributed by atoms with Crippen LogP contribution in [0.15, 0.2) is 18.3 Å². The summed E-state index contributed by atoms with van der Waals surface area (Å²) in [4.78, 5) is 35.9. The second-order valence-electron chi connectivity index (χ2n) is 8.72. The second-order valence-corrected chi connectivity index (χ2v) is 9.75. The summed E-state index contributed by atoms with van der Waals surface area (Å²) < 4.78 is 0. The van der Waals surface area contributed by atoms with Gasteiger partial charge in [-0.2, -0.15) is 15.0 Å². The Morgan fingerprint density at radius 1 is 1.03 bits per heavy atom. The average molecular weight is 481 g/mol. The first kappa shape index (κ1) is 24.0. The van der Waals surface area contributed by atoms with Crippen LogP contribution in [0.3, 0.4) is 0 Å². The van der Waals surface area contributed by atoms with Gasteiger partial charge in [0.05, 0.1) is 6.20 Å². The lowest BCUT2D eigenvalue weighted by Crippen LogP contribution is -2.47. The molecular formula is C24H32N8OS. The number of piperazine rings is 1. The molecular weight excluding hydrogens is 448 g/mol. The van der Waals surface area contributed by atoms with Crippen LogP contribution in [0.2, 0.25) is 0 Å². The largest absolute Gasteiger partial charge is 0.338 e. The molecule has 1 aliphatic heterocycles. The number of amides is 1. The van der Waals surface area contributed by atoms with Crippen molar-refractivity contribution in [3.05, 3.63) is 45.7 Å². The van der Waals surface area contributed by atoms with Gasteiger partial charge >= 0.3 is 0 Å². The molecule has 0 aliphatic carbocycles. The van der Waals surface area contributed by atoms with Crippen LogP contribution in [-0.2, 0) is 0 Å². The van der Waals surface area contributed by atoms with Crippen molar-refractivity contribution in [2.45, 2.75) is 41.0 Å². The van der Waals surface area contributed by atoms with E-state index in [2.05, 4.69) is 59.4 Å². The molecule has 0 bridgehead atoms. The lowest BCUT2D eigenvalue weighted by molar-refractivity contribution is 0.103. The average Bonchev–Trinajstić information content (AvgIpc) is 3.25. The predicted octanol–water partition coefficient (Wildman–Crippen LogP) is 4.09. The van der Waals surface area contributed by atoms with E-state index in [1.807, 2.05) is 27.7 Å². The molecule has 180 valence electrons. The molecule has 10 heteroatoms. The van der Waals surface area contributed by atoms with Crippen LogP contribution in [0.1, 0.15) is 45.5 Å². The van der Waals surface area contributed by atoms with Crippen molar-refractivity contribution < 1.29 is 4.79 Å². The third-order valence-electron chi connectivity index (χ3n) is 5.79. The highest BCUT2D eigenvalue weighted by Gasteiger charge is 2.20. The van der Waals surface area contributed by atoms with Crippen LogP contribution in [-0.4, -0.2) is 63.5 Å². The van der Waals surface area contributed by atoms with Gasteiger partial charge in [0.15, 0.2) is 5.13 Å². The van der Waals surface area contributed by atoms with Crippen LogP contribution >= 0.6 is 11.3 Å². The molecule has 1 aromatic carbocycles. The highest BCUT2D eigenvalue weighted by atomic mass is 32.1. The highest BCUT2D eigenvalue weighted by Crippen LogP contribution is 2.26. The quantitative estimate of drug-likeness (QED) is 0.522. The predicted molar refractivity (Wildman–Crippen MR) is 138 cm³/mol. The maximum Gasteiger partial charge on any atom is 0.267 e. The van der Waals surface area contributed by atoms with E-state index in [1.54, 1.807) is 6.20 Å². The number of nitrogens with zero attached hydrogens (tertiary/aromatic N) is 6. The van der Waals surface area contributed by atoms with Gasteiger partial charge in [0, 0.05) is 31.9 Å². The Bertz CT molecular complexity index is 1150. The van der Waals surface area contributed by atoms with Crippen LogP contribution in [0.4, 0.5) is 22.7 Å². The molecule has 1 fully saturated rings. The normalized spacial score (nSPS) is 14.3. The van der Waals surface area contributed by atoms with Crippen LogP contribution in [0.5, 0.6) is 0 Å². The zero-order valence-electron chi connectivity index (χ0n) is 20.5. The van der Waals surface area contributed by atoms with E-state index >= 15 is 0 Å². The number of carbonyl (C=O) groups is 1. The number of nitrogens with one attached hydrogen (secondary N) is 2. The third kappa shape index (κ3) is 5.68. The van der Waals surface area contributed by atoms with Crippen LogP contribution in [0, 0.1) is 27.7 Å². The standard InChI is InChI=1S/C24H32N8OS/c1-6-7-31-8-10-32(11-9-31)23-27-18(5)26-22(29-23)30-24-25-14-19(34-24)21(33)28-20-16(3)12-15(2)13-17(20)4/h12-14H,6-11H2,1-5H3,(H,28,33)(H,25,26,27,29,30). The number of anilines is 4. The van der Waals surface area contributed by atoms with Crippen LogP contribution in [0.25, 0.3) is 0 Å². The number of hydrogen-bond acceptors (Lipinski definition) is 9. The van der Waals surface area contributed by atoms with Gasteiger partial charge in [0.1, 0.15) is 10.7 Å². The minimum absolute atomic E-state index is 0.182. The molecule has 4 rings (SSSR count). The first-order valence-corrected chi connectivity index (χ1v) is 12.5. The minimum Gasteiger partial charge on any atom is -0.338 e. The smallest absolute Gasteiger partial charge is 0.267 e. The molecule has 0 atom stereocenters. The minimum atomic E-state index is -0.182. The van der Waals surface area contributed by atoms with E-state index in [-0.39, 0.29) is 5.91 Å². The molecule has 0 unspecified atom stereocenters. The Labute approximate surface area is 204 Å². The lowest BCUT2D eigenvalue weighted by Gasteiger charge is -2.34. The number of carbonyl (C=O) groups excluding carboxylic acids is 1. The SMILES string of the molecule is CCCN1CCN(c2nc(C)nc(Nc3ncc(C(=O)Nc4c(C)cc(C)cc4C)s3)n2)CC1. The molecule has 3 heterocycles. The summed E-state index contributed by atoms with van der Waals surface area (Å²) in [6, 6.07) is 4.12. The van der Waals surface area contributed by atoms with Crippen molar-refractivity contribution >= 4 is 40.0 Å². The topological polar surface area (TPSA) is 99.2 Å². The van der Waals surface area contributed by atoms with E-state index in [1.165, 1.54) is 16.9 Å². The van der Waals surface area contributed by atoms with Gasteiger partial charge < -0.3 is 10.2 Å². The van der Waals surface area contributed by atoms with Gasteiger partial charge in [-0.15, -0.1) is 0 Å². The molecule has 9 nitrogen and oxygen atoms in total. The Kier molecular flexibility index (Phi) is 7.38. The molecule has 2 aromatic heterocycles. The van der Waals surface area contributed by atoms with Crippen molar-refractivity contribution in [1.29, 1.82) is 0 Å². The fraction of sp³-hybridized carbons (Fsp3) is 0.458. The molecule has 2 N–H and O–H groups in total. The first-order chi connectivity index (χ1) is 16.3. The maximum atomic E-state index is 12.8. The summed E-state index contributed by atoms with van der Waals surface area (Å²) in [7, 11) is 0. The van der Waals surface area contributed by atoms with Gasteiger partial charge in [-0.1, -0.05) is 36.0 Å². The van der Waals surface area contributed by atoms with E-state index in [0.29, 0.717) is 27.7 Å². The van der Waals surface area contributed by atoms with E-state index in [4.69, 9.17) is 0 Å². The van der Waals surface area contributed by atoms with Gasteiger partial charge in [-0.05, 0) is 51.8 Å². The van der Waals surface area contributed by atoms with Crippen molar-refractivity contribution in [3.8, 4) is 0 Å². The van der Waals surface area contributed by atoms with Crippen molar-refractivity contribution in [2.24, 2.45) is 0 Å². The molecule has 0 spiro atoms. The Morgan fingerprint density at radius 2 is 1.74 bits per heavy atom. The molecule has 0 radical (unpaired) electrons. The van der Waals surface area contributed by atoms with Crippen LogP contribution < -0.4 is 15.5 Å². The summed E-state index contributed by atoms with van der Waals surface area (Å²) >= 11 is 1.27. The second kappa shape index (κ2) is 10.4. The Morgan fingerprint density at radius 3 is 2.41 bits per heavy atom. The summed E-state index contributed by atoms with van der Waals surface area (Å²) in [5.41, 5.74) is 4.09. The molecule has 34 heavy (non-hydrogen) atoms. The van der Waals surface area contributed by atoms with Gasteiger partial charge in [0.2, 0.25) is 11.9 Å². The summed E-state index contributed by atoms with van der Waals surface area (Å²) in [6.45, 7) is 15.0. The Hall–Kier alpha value is -3.11. The van der Waals surface area contributed by atoms with Crippen molar-refractivity contribution in [3.63, 3.8) is 0 Å². The first-order valence-electron chi connectivity index (χ1n) is 11.6. The number of aryl methyl sites for hydroxylation is 4. The zero-order valence-corrected chi connectivity index (χ0v) is 21.3. The third-order valence-corrected chi connectivity index (χ3v) is 6.71. The number of hydrogen-bond donors (Lipinski definition) is 2. The maximum absolute atomic E-state index is 12.8. The van der Waals surface area contributed by atoms with Gasteiger partial charge in [-0.3, -0.25) is 15.0 Å². The molecule has 3 aromatic rings. The van der Waals surface area contributed by atoms with Gasteiger partial charge in [-0.25, -0.2) is 4.98 Å². The monoisotopic (exact) mass is 480 g/mol. The van der Waals surface area contributed by atoms with Crippen molar-refractivity contribution in [1.82, 2.24) is 24.8 Å². The van der Waals surface area contributed by atoms with E-state index < -0.39 is 0 Å². The summed E-state index contributed by atoms with van der Waals surface area (Å²) in [5, 5.41) is 6.74. The zero-order chi connectivity index (χ0) is 24.2. The van der Waals surface area contributed by atoms with E-state index in [0.717, 1.165) is 56.0 Å². The summed E-state index contributed by atoms with van der Waals surface area (Å²) in [5.74, 6) is 1.57. The number of rotatable bonds is 7. The molecule has 1 amide bonds. The highest BCUT2D eigenvalue weighted by molar-refractivity contribution is 7.17. The fourth-order valence-electron chi connectivity index (χ4n) is 4.24. The molecule has 0 saturated carbocycles. The number of aromatic nitrogens is 4. The molecule has 1 saturated heterocycles. The number of benzene rings is 1. The molecule has 1 aliphatic rings. The van der Waals surface area contributed by atoms with Gasteiger partial charge in [0.25, 0.3) is 5.91 Å². The summed E-state index contributed by atoms with van der Waals surface area (Å²) in [6.07, 6.45) is 2.74. The number of thiazole rings is 1. The lowest BCUT2D eigenvalue weighted by atomic mass is 10.1. The van der Waals surface area contributed by atoms with Crippen molar-refractivity contribution in [2.75, 3.05) is 48.3 Å². The van der Waals surface area contributed by atoms with E-state index in [9.17, 15) is 4.79 Å². The fourth-order valence-corrected chi connectivity index (χ4v) is 4.94. The Balaban J connectivity index is 1.43.